The Balaban J connectivity index is 1.70. The fraction of sp³-hybridized carbons (Fsp3) is 0.143. The summed E-state index contributed by atoms with van der Waals surface area (Å²) >= 11 is 3.25. The van der Waals surface area contributed by atoms with Crippen molar-refractivity contribution in [2.45, 2.75) is 11.4 Å². The first-order valence-electron chi connectivity index (χ1n) is 7.14. The largest absolute Gasteiger partial charge is 0.268 e. The molecule has 0 atom stereocenters. The highest BCUT2D eigenvalue weighted by molar-refractivity contribution is 9.10. The van der Waals surface area contributed by atoms with Gasteiger partial charge in [0.05, 0.1) is 11.4 Å². The zero-order chi connectivity index (χ0) is 17.9. The summed E-state index contributed by atoms with van der Waals surface area (Å²) in [6.07, 6.45) is 2.80. The van der Waals surface area contributed by atoms with Crippen LogP contribution in [0.1, 0.15) is 0 Å². The van der Waals surface area contributed by atoms with Crippen molar-refractivity contribution in [3.05, 3.63) is 63.9 Å². The third kappa shape index (κ3) is 4.18. The van der Waals surface area contributed by atoms with Gasteiger partial charge < -0.3 is 0 Å². The van der Waals surface area contributed by atoms with Gasteiger partial charge in [0.2, 0.25) is 10.0 Å². The molecule has 0 fully saturated rings. The van der Waals surface area contributed by atoms with Gasteiger partial charge in [0.25, 0.3) is 5.56 Å². The summed E-state index contributed by atoms with van der Waals surface area (Å²) in [6.45, 7) is 0.100. The number of aromatic nitrogens is 5. The van der Waals surface area contributed by atoms with Crippen LogP contribution >= 0.6 is 15.9 Å². The normalized spacial score (nSPS) is 11.6. The van der Waals surface area contributed by atoms with Crippen molar-refractivity contribution in [3.63, 3.8) is 0 Å². The maximum atomic E-state index is 12.2. The zero-order valence-corrected chi connectivity index (χ0v) is 15.2. The molecule has 1 aromatic carbocycles. The molecule has 0 aliphatic heterocycles. The van der Waals surface area contributed by atoms with E-state index in [4.69, 9.17) is 0 Å². The number of benzene rings is 1. The Kier molecular flexibility index (Phi) is 5.06. The Morgan fingerprint density at radius 2 is 1.88 bits per heavy atom. The van der Waals surface area contributed by atoms with Crippen molar-refractivity contribution in [2.24, 2.45) is 0 Å². The van der Waals surface area contributed by atoms with E-state index < -0.39 is 10.0 Å². The first kappa shape index (κ1) is 17.5. The zero-order valence-electron chi connectivity index (χ0n) is 12.8. The highest BCUT2D eigenvalue weighted by Crippen LogP contribution is 2.14. The molecule has 0 aliphatic rings. The van der Waals surface area contributed by atoms with Crippen LogP contribution in [0.25, 0.3) is 5.82 Å². The lowest BCUT2D eigenvalue weighted by molar-refractivity contribution is 0.542. The SMILES string of the molecule is O=c1ccc(-n2cncn2)nn1CCNS(=O)(=O)c1ccc(Br)cc1. The fourth-order valence-corrected chi connectivity index (χ4v) is 3.32. The van der Waals surface area contributed by atoms with E-state index >= 15 is 0 Å². The minimum atomic E-state index is -3.65. The average molecular weight is 425 g/mol. The molecule has 9 nitrogen and oxygen atoms in total. The molecule has 0 amide bonds. The van der Waals surface area contributed by atoms with E-state index in [1.54, 1.807) is 12.1 Å². The Bertz CT molecular complexity index is 1020. The van der Waals surface area contributed by atoms with Crippen LogP contribution in [0, 0.1) is 0 Å². The summed E-state index contributed by atoms with van der Waals surface area (Å²) in [5.74, 6) is 0.410. The smallest absolute Gasteiger partial charge is 0.266 e. The van der Waals surface area contributed by atoms with Crippen molar-refractivity contribution in [1.29, 1.82) is 0 Å². The second-order valence-corrected chi connectivity index (χ2v) is 7.63. The molecule has 3 rings (SSSR count). The van der Waals surface area contributed by atoms with Gasteiger partial charge in [-0.3, -0.25) is 4.79 Å². The molecule has 0 unspecified atom stereocenters. The number of hydrogen-bond acceptors (Lipinski definition) is 6. The van der Waals surface area contributed by atoms with Crippen molar-refractivity contribution in [2.75, 3.05) is 6.54 Å². The Morgan fingerprint density at radius 3 is 2.56 bits per heavy atom. The van der Waals surface area contributed by atoms with Crippen LogP contribution in [-0.4, -0.2) is 39.5 Å². The number of nitrogens with zero attached hydrogens (tertiary/aromatic N) is 5. The van der Waals surface area contributed by atoms with E-state index in [9.17, 15) is 13.2 Å². The van der Waals surface area contributed by atoms with Gasteiger partial charge in [-0.25, -0.2) is 27.5 Å². The molecule has 1 N–H and O–H groups in total. The van der Waals surface area contributed by atoms with Crippen molar-refractivity contribution in [1.82, 2.24) is 29.3 Å². The first-order chi connectivity index (χ1) is 12.0. The van der Waals surface area contributed by atoms with Gasteiger partial charge in [-0.1, -0.05) is 15.9 Å². The van der Waals surface area contributed by atoms with Crippen molar-refractivity contribution < 1.29 is 8.42 Å². The maximum Gasteiger partial charge on any atom is 0.266 e. The average Bonchev–Trinajstić information content (AvgIpc) is 3.11. The lowest BCUT2D eigenvalue weighted by atomic mass is 10.4. The number of nitrogens with one attached hydrogen (secondary N) is 1. The van der Waals surface area contributed by atoms with Gasteiger partial charge in [-0.2, -0.15) is 5.10 Å². The van der Waals surface area contributed by atoms with E-state index in [0.29, 0.717) is 5.82 Å². The minimum Gasteiger partial charge on any atom is -0.268 e. The van der Waals surface area contributed by atoms with E-state index in [2.05, 4.69) is 35.8 Å². The summed E-state index contributed by atoms with van der Waals surface area (Å²) in [4.78, 5) is 15.8. The minimum absolute atomic E-state index is 0.0200. The lowest BCUT2D eigenvalue weighted by Gasteiger charge is -2.09. The monoisotopic (exact) mass is 424 g/mol. The number of halogens is 1. The molecule has 0 aliphatic carbocycles. The van der Waals surface area contributed by atoms with Gasteiger partial charge >= 0.3 is 0 Å². The van der Waals surface area contributed by atoms with Gasteiger partial charge in [0.15, 0.2) is 5.82 Å². The van der Waals surface area contributed by atoms with Gasteiger partial charge in [0, 0.05) is 17.1 Å². The van der Waals surface area contributed by atoms with E-state index in [0.717, 1.165) is 4.47 Å². The molecule has 0 bridgehead atoms. The molecule has 130 valence electrons. The van der Waals surface area contributed by atoms with Crippen LogP contribution in [0.15, 0.2) is 63.2 Å². The highest BCUT2D eigenvalue weighted by Gasteiger charge is 2.13. The molecule has 11 heteroatoms. The maximum absolute atomic E-state index is 12.2. The third-order valence-electron chi connectivity index (χ3n) is 3.25. The molecule has 2 aromatic heterocycles. The van der Waals surface area contributed by atoms with Gasteiger partial charge in [-0.05, 0) is 30.3 Å². The molecular formula is C14H13BrN6O3S. The molecule has 0 saturated carbocycles. The van der Waals surface area contributed by atoms with Crippen LogP contribution in [0.5, 0.6) is 0 Å². The first-order valence-corrected chi connectivity index (χ1v) is 9.42. The summed E-state index contributed by atoms with van der Waals surface area (Å²) < 4.78 is 30.2. The molecule has 0 saturated heterocycles. The number of rotatable bonds is 6. The van der Waals surface area contributed by atoms with Crippen molar-refractivity contribution >= 4 is 26.0 Å². The van der Waals surface area contributed by atoms with Crippen LogP contribution in [0.2, 0.25) is 0 Å². The summed E-state index contributed by atoms with van der Waals surface area (Å²) in [6, 6.07) is 9.11. The summed E-state index contributed by atoms with van der Waals surface area (Å²) in [5.41, 5.74) is -0.341. The number of hydrogen-bond donors (Lipinski definition) is 1. The van der Waals surface area contributed by atoms with Crippen LogP contribution in [0.3, 0.4) is 0 Å². The third-order valence-corrected chi connectivity index (χ3v) is 5.25. The lowest BCUT2D eigenvalue weighted by Crippen LogP contribution is -2.32. The van der Waals surface area contributed by atoms with Crippen LogP contribution in [0.4, 0.5) is 0 Å². The van der Waals surface area contributed by atoms with E-state index in [-0.39, 0.29) is 23.5 Å². The molecule has 3 aromatic rings. The Labute approximate surface area is 151 Å². The predicted molar refractivity (Wildman–Crippen MR) is 92.7 cm³/mol. The molecule has 2 heterocycles. The van der Waals surface area contributed by atoms with Gasteiger partial charge in [-0.15, -0.1) is 5.10 Å². The van der Waals surface area contributed by atoms with Crippen LogP contribution in [-0.2, 0) is 16.6 Å². The highest BCUT2D eigenvalue weighted by atomic mass is 79.9. The van der Waals surface area contributed by atoms with Crippen molar-refractivity contribution in [3.8, 4) is 5.82 Å². The van der Waals surface area contributed by atoms with E-state index in [1.807, 2.05) is 0 Å². The quantitative estimate of drug-likeness (QED) is 0.618. The van der Waals surface area contributed by atoms with Crippen LogP contribution < -0.4 is 10.3 Å². The summed E-state index contributed by atoms with van der Waals surface area (Å²) in [5, 5.41) is 8.08. The topological polar surface area (TPSA) is 112 Å². The molecule has 0 spiro atoms. The standard InChI is InChI=1S/C14H13BrN6O3S/c15-11-1-3-12(4-2-11)25(23,24)18-7-8-20-14(22)6-5-13(19-20)21-10-16-9-17-21/h1-6,9-10,18H,7-8H2. The molecular weight excluding hydrogens is 412 g/mol. The Hall–Kier alpha value is -2.37. The Morgan fingerprint density at radius 1 is 1.12 bits per heavy atom. The van der Waals surface area contributed by atoms with Gasteiger partial charge in [0.1, 0.15) is 12.7 Å². The second kappa shape index (κ2) is 7.25. The summed E-state index contributed by atoms with van der Waals surface area (Å²) in [7, 11) is -3.65. The number of sulfonamides is 1. The molecule has 25 heavy (non-hydrogen) atoms. The van der Waals surface area contributed by atoms with E-state index in [1.165, 1.54) is 46.3 Å². The molecule has 0 radical (unpaired) electrons. The fourth-order valence-electron chi connectivity index (χ4n) is 2.03. The predicted octanol–water partition coefficient (Wildman–Crippen LogP) is 0.565. The second-order valence-electron chi connectivity index (χ2n) is 4.94.